The Bertz CT molecular complexity index is 750. The second-order valence-corrected chi connectivity index (χ2v) is 7.42. The highest BCUT2D eigenvalue weighted by Gasteiger charge is 2.33. The van der Waals surface area contributed by atoms with Crippen LogP contribution in [0.1, 0.15) is 29.1 Å². The van der Waals surface area contributed by atoms with Gasteiger partial charge in [0.2, 0.25) is 0 Å². The van der Waals surface area contributed by atoms with Gasteiger partial charge in [-0.2, -0.15) is 13.2 Å². The lowest BCUT2D eigenvalue weighted by Crippen LogP contribution is -2.39. The highest BCUT2D eigenvalue weighted by molar-refractivity contribution is 7.15. The lowest BCUT2D eigenvalue weighted by Gasteiger charge is -2.32. The SMILES string of the molecule is FC(F)(F)c1cc(NC2CCN(c3nc4c(s3)COCC4)CC2)ncn1. The molecule has 0 unspecified atom stereocenters. The quantitative estimate of drug-likeness (QED) is 0.876. The Morgan fingerprint density at radius 2 is 2.04 bits per heavy atom. The Kier molecular flexibility index (Phi) is 4.70. The molecular formula is C16H18F3N5OS. The molecule has 0 aliphatic carbocycles. The van der Waals surface area contributed by atoms with E-state index in [4.69, 9.17) is 9.72 Å². The number of alkyl halides is 3. The third kappa shape index (κ3) is 3.75. The van der Waals surface area contributed by atoms with Crippen molar-refractivity contribution in [2.75, 3.05) is 29.9 Å². The number of anilines is 2. The first kappa shape index (κ1) is 17.5. The van der Waals surface area contributed by atoms with E-state index in [0.717, 1.165) is 62.2 Å². The van der Waals surface area contributed by atoms with Crippen LogP contribution in [-0.2, 0) is 23.9 Å². The van der Waals surface area contributed by atoms with Crippen LogP contribution in [-0.4, -0.2) is 40.7 Å². The van der Waals surface area contributed by atoms with E-state index in [0.29, 0.717) is 6.61 Å². The molecule has 0 atom stereocenters. The van der Waals surface area contributed by atoms with Crippen LogP contribution in [0.4, 0.5) is 24.1 Å². The van der Waals surface area contributed by atoms with Gasteiger partial charge >= 0.3 is 6.18 Å². The molecule has 0 aromatic carbocycles. The van der Waals surface area contributed by atoms with Crippen molar-refractivity contribution in [2.45, 2.75) is 38.1 Å². The Labute approximate surface area is 152 Å². The summed E-state index contributed by atoms with van der Waals surface area (Å²) in [4.78, 5) is 15.4. The maximum absolute atomic E-state index is 12.7. The third-order valence-corrected chi connectivity index (χ3v) is 5.69. The topological polar surface area (TPSA) is 63.2 Å². The molecule has 1 fully saturated rings. The first-order chi connectivity index (χ1) is 12.5. The van der Waals surface area contributed by atoms with Crippen LogP contribution in [0.2, 0.25) is 0 Å². The van der Waals surface area contributed by atoms with E-state index >= 15 is 0 Å². The molecule has 1 saturated heterocycles. The van der Waals surface area contributed by atoms with E-state index in [2.05, 4.69) is 20.2 Å². The number of nitrogens with zero attached hydrogens (tertiary/aromatic N) is 4. The summed E-state index contributed by atoms with van der Waals surface area (Å²) in [6.07, 6.45) is -1.03. The zero-order valence-electron chi connectivity index (χ0n) is 13.9. The van der Waals surface area contributed by atoms with E-state index in [9.17, 15) is 13.2 Å². The van der Waals surface area contributed by atoms with Crippen molar-refractivity contribution in [2.24, 2.45) is 0 Å². The van der Waals surface area contributed by atoms with Crippen molar-refractivity contribution in [1.29, 1.82) is 0 Å². The van der Waals surface area contributed by atoms with Crippen LogP contribution in [0.25, 0.3) is 0 Å². The molecular weight excluding hydrogens is 367 g/mol. The monoisotopic (exact) mass is 385 g/mol. The fraction of sp³-hybridized carbons (Fsp3) is 0.562. The predicted octanol–water partition coefficient (Wildman–Crippen LogP) is 3.11. The predicted molar refractivity (Wildman–Crippen MR) is 91.4 cm³/mol. The summed E-state index contributed by atoms with van der Waals surface area (Å²) in [6.45, 7) is 2.98. The number of nitrogens with one attached hydrogen (secondary N) is 1. The maximum atomic E-state index is 12.7. The van der Waals surface area contributed by atoms with Gasteiger partial charge in [0, 0.05) is 31.6 Å². The van der Waals surface area contributed by atoms with Crippen LogP contribution >= 0.6 is 11.3 Å². The molecule has 0 spiro atoms. The van der Waals surface area contributed by atoms with Crippen molar-refractivity contribution in [3.05, 3.63) is 28.7 Å². The van der Waals surface area contributed by atoms with Crippen LogP contribution in [0.15, 0.2) is 12.4 Å². The van der Waals surface area contributed by atoms with Crippen LogP contribution in [0, 0.1) is 0 Å². The van der Waals surface area contributed by atoms with Gasteiger partial charge in [-0.25, -0.2) is 15.0 Å². The number of ether oxygens (including phenoxy) is 1. The van der Waals surface area contributed by atoms with Crippen LogP contribution < -0.4 is 10.2 Å². The molecule has 4 rings (SSSR count). The summed E-state index contributed by atoms with van der Waals surface area (Å²) in [5.41, 5.74) is 0.209. The molecule has 0 bridgehead atoms. The minimum Gasteiger partial charge on any atom is -0.375 e. The Hall–Kier alpha value is -1.94. The van der Waals surface area contributed by atoms with Crippen molar-refractivity contribution in [3.8, 4) is 0 Å². The average Bonchev–Trinajstić information content (AvgIpc) is 3.06. The van der Waals surface area contributed by atoms with Gasteiger partial charge in [0.1, 0.15) is 17.8 Å². The highest BCUT2D eigenvalue weighted by Crippen LogP contribution is 2.32. The lowest BCUT2D eigenvalue weighted by atomic mass is 10.1. The fourth-order valence-corrected chi connectivity index (χ4v) is 4.26. The van der Waals surface area contributed by atoms with E-state index in [-0.39, 0.29) is 11.9 Å². The maximum Gasteiger partial charge on any atom is 0.433 e. The van der Waals surface area contributed by atoms with Crippen LogP contribution in [0.3, 0.4) is 0 Å². The van der Waals surface area contributed by atoms with Gasteiger partial charge in [-0.1, -0.05) is 11.3 Å². The summed E-state index contributed by atoms with van der Waals surface area (Å²) in [6, 6.07) is 1.04. The minimum atomic E-state index is -4.46. The summed E-state index contributed by atoms with van der Waals surface area (Å²) >= 11 is 1.68. The molecule has 10 heteroatoms. The van der Waals surface area contributed by atoms with Gasteiger partial charge in [-0.05, 0) is 12.8 Å². The standard InChI is InChI=1S/C16H18F3N5OS/c17-16(18,19)13-7-14(21-9-20-13)22-10-1-4-24(5-2-10)15-23-11-3-6-25-8-12(11)26-15/h7,9-10H,1-6,8H2,(H,20,21,22). The molecule has 2 aromatic heterocycles. The summed E-state index contributed by atoms with van der Waals surface area (Å²) in [7, 11) is 0. The molecule has 0 saturated carbocycles. The fourth-order valence-electron chi connectivity index (χ4n) is 3.16. The largest absolute Gasteiger partial charge is 0.433 e. The van der Waals surface area contributed by atoms with Gasteiger partial charge in [0.15, 0.2) is 5.13 Å². The Morgan fingerprint density at radius 1 is 1.23 bits per heavy atom. The zero-order chi connectivity index (χ0) is 18.1. The van der Waals surface area contributed by atoms with Crippen molar-refractivity contribution in [1.82, 2.24) is 15.0 Å². The molecule has 1 N–H and O–H groups in total. The molecule has 2 aliphatic heterocycles. The molecule has 2 aromatic rings. The normalized spacial score (nSPS) is 18.7. The van der Waals surface area contributed by atoms with E-state index in [1.165, 1.54) is 4.88 Å². The molecule has 0 amide bonds. The number of rotatable bonds is 3. The summed E-state index contributed by atoms with van der Waals surface area (Å²) in [5, 5.41) is 4.11. The zero-order valence-corrected chi connectivity index (χ0v) is 14.7. The minimum absolute atomic E-state index is 0.0835. The molecule has 2 aliphatic rings. The van der Waals surface area contributed by atoms with Crippen molar-refractivity contribution >= 4 is 22.3 Å². The summed E-state index contributed by atoms with van der Waals surface area (Å²) < 4.78 is 43.7. The number of aromatic nitrogens is 3. The van der Waals surface area contributed by atoms with E-state index < -0.39 is 11.9 Å². The smallest absolute Gasteiger partial charge is 0.375 e. The number of hydrogen-bond donors (Lipinski definition) is 1. The number of halogens is 3. The number of thiazole rings is 1. The number of piperidine rings is 1. The van der Waals surface area contributed by atoms with Gasteiger partial charge in [0.25, 0.3) is 0 Å². The molecule has 4 heterocycles. The molecule has 0 radical (unpaired) electrons. The van der Waals surface area contributed by atoms with Gasteiger partial charge in [0.05, 0.1) is 23.8 Å². The molecule has 6 nitrogen and oxygen atoms in total. The van der Waals surface area contributed by atoms with Crippen LogP contribution in [0.5, 0.6) is 0 Å². The average molecular weight is 385 g/mol. The van der Waals surface area contributed by atoms with E-state index in [1.54, 1.807) is 11.3 Å². The Morgan fingerprint density at radius 3 is 2.77 bits per heavy atom. The molecule has 140 valence electrons. The van der Waals surface area contributed by atoms with Gasteiger partial charge < -0.3 is 15.0 Å². The number of hydrogen-bond acceptors (Lipinski definition) is 7. The van der Waals surface area contributed by atoms with Gasteiger partial charge in [-0.15, -0.1) is 0 Å². The van der Waals surface area contributed by atoms with E-state index in [1.807, 2.05) is 0 Å². The summed E-state index contributed by atoms with van der Waals surface area (Å²) in [5.74, 6) is 0.215. The first-order valence-electron chi connectivity index (χ1n) is 8.46. The molecule has 26 heavy (non-hydrogen) atoms. The second-order valence-electron chi connectivity index (χ2n) is 6.36. The number of fused-ring (bicyclic) bond motifs is 1. The first-order valence-corrected chi connectivity index (χ1v) is 9.28. The van der Waals surface area contributed by atoms with Gasteiger partial charge in [-0.3, -0.25) is 0 Å². The highest BCUT2D eigenvalue weighted by atomic mass is 32.1. The van der Waals surface area contributed by atoms with Crippen molar-refractivity contribution < 1.29 is 17.9 Å². The second kappa shape index (κ2) is 6.99. The van der Waals surface area contributed by atoms with Crippen molar-refractivity contribution in [3.63, 3.8) is 0 Å². The Balaban J connectivity index is 1.36. The lowest BCUT2D eigenvalue weighted by molar-refractivity contribution is -0.141. The third-order valence-electron chi connectivity index (χ3n) is 4.56.